The van der Waals surface area contributed by atoms with Gasteiger partial charge in [0.05, 0.1) is 5.75 Å². The molecule has 0 atom stereocenters. The average Bonchev–Trinajstić information content (AvgIpc) is 3.13. The van der Waals surface area contributed by atoms with E-state index in [1.165, 1.54) is 27.6 Å². The number of nitrogens with zero attached hydrogens (tertiary/aromatic N) is 5. The van der Waals surface area contributed by atoms with E-state index in [4.69, 9.17) is 17.4 Å². The average molecular weight is 457 g/mol. The van der Waals surface area contributed by atoms with E-state index in [0.29, 0.717) is 24.1 Å². The van der Waals surface area contributed by atoms with Crippen LogP contribution in [0.3, 0.4) is 0 Å². The molecule has 1 fully saturated rings. The second-order valence-corrected chi connectivity index (χ2v) is 9.00. The molecule has 4 rings (SSSR count). The van der Waals surface area contributed by atoms with Crippen molar-refractivity contribution >= 4 is 29.3 Å². The minimum Gasteiger partial charge on any atom is -0.339 e. The van der Waals surface area contributed by atoms with Crippen LogP contribution in [0.25, 0.3) is 11.4 Å². The molecule has 0 bridgehead atoms. The standard InChI is InChI=1S/C22H25ClN6OS/c1-16-5-7-18(8-6-16)21-25-26-22(29(21)24)31-15-20(30)28-11-9-27(10-12-28)14-17-3-2-4-19(23)13-17/h2-8,13H,9-12,14-15,24H2,1H3. The molecule has 1 saturated heterocycles. The van der Waals surface area contributed by atoms with Gasteiger partial charge in [-0.15, -0.1) is 10.2 Å². The van der Waals surface area contributed by atoms with E-state index in [1.54, 1.807) is 0 Å². The van der Waals surface area contributed by atoms with E-state index >= 15 is 0 Å². The summed E-state index contributed by atoms with van der Waals surface area (Å²) in [5.41, 5.74) is 3.25. The van der Waals surface area contributed by atoms with Crippen LogP contribution in [0.2, 0.25) is 5.02 Å². The summed E-state index contributed by atoms with van der Waals surface area (Å²) in [6.07, 6.45) is 0. The van der Waals surface area contributed by atoms with Gasteiger partial charge in [-0.3, -0.25) is 9.69 Å². The van der Waals surface area contributed by atoms with Crippen molar-refractivity contribution in [2.24, 2.45) is 0 Å². The Labute approximate surface area is 191 Å². The van der Waals surface area contributed by atoms with Gasteiger partial charge in [-0.2, -0.15) is 0 Å². The van der Waals surface area contributed by atoms with Gasteiger partial charge in [-0.25, -0.2) is 4.68 Å². The first-order valence-electron chi connectivity index (χ1n) is 10.1. The van der Waals surface area contributed by atoms with Crippen molar-refractivity contribution in [3.8, 4) is 11.4 Å². The zero-order chi connectivity index (χ0) is 21.8. The summed E-state index contributed by atoms with van der Waals surface area (Å²) in [7, 11) is 0. The number of piperazine rings is 1. The van der Waals surface area contributed by atoms with Gasteiger partial charge in [-0.1, -0.05) is 65.3 Å². The quantitative estimate of drug-likeness (QED) is 0.453. The summed E-state index contributed by atoms with van der Waals surface area (Å²) in [5.74, 6) is 7.14. The summed E-state index contributed by atoms with van der Waals surface area (Å²) in [5, 5.41) is 9.63. The molecule has 2 N–H and O–H groups in total. The third-order valence-corrected chi connectivity index (χ3v) is 6.48. The van der Waals surface area contributed by atoms with Crippen LogP contribution in [0.4, 0.5) is 0 Å². The second-order valence-electron chi connectivity index (χ2n) is 7.62. The molecule has 1 aliphatic rings. The fourth-order valence-electron chi connectivity index (χ4n) is 3.54. The van der Waals surface area contributed by atoms with Crippen molar-refractivity contribution in [1.29, 1.82) is 0 Å². The molecular weight excluding hydrogens is 432 g/mol. The van der Waals surface area contributed by atoms with E-state index in [9.17, 15) is 4.79 Å². The number of thioether (sulfide) groups is 1. The van der Waals surface area contributed by atoms with Crippen molar-refractivity contribution < 1.29 is 4.79 Å². The largest absolute Gasteiger partial charge is 0.339 e. The molecule has 31 heavy (non-hydrogen) atoms. The van der Waals surface area contributed by atoms with E-state index in [-0.39, 0.29) is 11.7 Å². The predicted molar refractivity (Wildman–Crippen MR) is 124 cm³/mol. The maximum Gasteiger partial charge on any atom is 0.233 e. The normalized spacial score (nSPS) is 14.7. The Morgan fingerprint density at radius 2 is 1.84 bits per heavy atom. The first kappa shape index (κ1) is 21.7. The Kier molecular flexibility index (Phi) is 6.80. The minimum absolute atomic E-state index is 0.0901. The molecule has 1 amide bonds. The highest BCUT2D eigenvalue weighted by Gasteiger charge is 2.22. The molecule has 0 aliphatic carbocycles. The fraction of sp³-hybridized carbons (Fsp3) is 0.318. The molecule has 0 radical (unpaired) electrons. The molecule has 7 nitrogen and oxygen atoms in total. The van der Waals surface area contributed by atoms with Gasteiger partial charge in [-0.05, 0) is 24.6 Å². The summed E-state index contributed by atoms with van der Waals surface area (Å²) >= 11 is 7.39. The zero-order valence-electron chi connectivity index (χ0n) is 17.4. The lowest BCUT2D eigenvalue weighted by Gasteiger charge is -2.34. The Balaban J connectivity index is 1.27. The van der Waals surface area contributed by atoms with Crippen molar-refractivity contribution in [2.75, 3.05) is 37.8 Å². The van der Waals surface area contributed by atoms with E-state index in [2.05, 4.69) is 21.2 Å². The molecule has 1 aliphatic heterocycles. The summed E-state index contributed by atoms with van der Waals surface area (Å²) in [6, 6.07) is 15.9. The van der Waals surface area contributed by atoms with Crippen LogP contribution in [-0.2, 0) is 11.3 Å². The van der Waals surface area contributed by atoms with E-state index < -0.39 is 0 Å². The number of hydrogen-bond acceptors (Lipinski definition) is 6. The molecular formula is C22H25ClN6OS. The van der Waals surface area contributed by atoms with E-state index in [1.807, 2.05) is 54.3 Å². The Bertz CT molecular complexity index is 1050. The lowest BCUT2D eigenvalue weighted by atomic mass is 10.1. The third kappa shape index (κ3) is 5.39. The van der Waals surface area contributed by atoms with Gasteiger partial charge in [0.2, 0.25) is 11.1 Å². The lowest BCUT2D eigenvalue weighted by Crippen LogP contribution is -2.48. The highest BCUT2D eigenvalue weighted by molar-refractivity contribution is 7.99. The highest BCUT2D eigenvalue weighted by atomic mass is 35.5. The molecule has 162 valence electrons. The molecule has 1 aromatic heterocycles. The van der Waals surface area contributed by atoms with Crippen LogP contribution in [0.1, 0.15) is 11.1 Å². The number of aryl methyl sites for hydroxylation is 1. The number of carbonyl (C=O) groups is 1. The number of aromatic nitrogens is 3. The van der Waals surface area contributed by atoms with Crippen molar-refractivity contribution in [1.82, 2.24) is 24.7 Å². The fourth-order valence-corrected chi connectivity index (χ4v) is 4.51. The van der Waals surface area contributed by atoms with Crippen LogP contribution < -0.4 is 5.84 Å². The Hall–Kier alpha value is -2.55. The summed E-state index contributed by atoms with van der Waals surface area (Å²) in [4.78, 5) is 16.9. The maximum absolute atomic E-state index is 12.7. The SMILES string of the molecule is Cc1ccc(-c2nnc(SCC(=O)N3CCN(Cc4cccc(Cl)c4)CC3)n2N)cc1. The summed E-state index contributed by atoms with van der Waals surface area (Å²) in [6.45, 7) is 5.98. The van der Waals surface area contributed by atoms with Crippen LogP contribution in [0, 0.1) is 6.92 Å². The van der Waals surface area contributed by atoms with Crippen LogP contribution in [0.15, 0.2) is 53.7 Å². The lowest BCUT2D eigenvalue weighted by molar-refractivity contribution is -0.130. The molecule has 3 aromatic rings. The Morgan fingerprint density at radius 3 is 2.55 bits per heavy atom. The van der Waals surface area contributed by atoms with Gasteiger partial charge in [0, 0.05) is 43.3 Å². The number of carbonyl (C=O) groups excluding carboxylic acids is 1. The number of hydrogen-bond donors (Lipinski definition) is 1. The van der Waals surface area contributed by atoms with Gasteiger partial charge >= 0.3 is 0 Å². The number of benzene rings is 2. The first-order valence-corrected chi connectivity index (χ1v) is 11.5. The monoisotopic (exact) mass is 456 g/mol. The molecule has 2 aromatic carbocycles. The highest BCUT2D eigenvalue weighted by Crippen LogP contribution is 2.22. The summed E-state index contributed by atoms with van der Waals surface area (Å²) < 4.78 is 1.45. The number of nitrogens with two attached hydrogens (primary N) is 1. The molecule has 9 heteroatoms. The molecule has 0 unspecified atom stereocenters. The van der Waals surface area contributed by atoms with Gasteiger partial charge < -0.3 is 10.7 Å². The van der Waals surface area contributed by atoms with Gasteiger partial charge in [0.1, 0.15) is 0 Å². The van der Waals surface area contributed by atoms with Gasteiger partial charge in [0.15, 0.2) is 5.82 Å². The minimum atomic E-state index is 0.0901. The number of rotatable bonds is 6. The van der Waals surface area contributed by atoms with Crippen molar-refractivity contribution in [3.63, 3.8) is 0 Å². The van der Waals surface area contributed by atoms with Gasteiger partial charge in [0.25, 0.3) is 0 Å². The number of amides is 1. The predicted octanol–water partition coefficient (Wildman–Crippen LogP) is 3.06. The second kappa shape index (κ2) is 9.72. The van der Waals surface area contributed by atoms with Crippen LogP contribution in [0.5, 0.6) is 0 Å². The van der Waals surface area contributed by atoms with Crippen LogP contribution >= 0.6 is 23.4 Å². The maximum atomic E-state index is 12.7. The van der Waals surface area contributed by atoms with E-state index in [0.717, 1.165) is 30.2 Å². The molecule has 2 heterocycles. The molecule has 0 saturated carbocycles. The van der Waals surface area contributed by atoms with Crippen molar-refractivity contribution in [2.45, 2.75) is 18.6 Å². The third-order valence-electron chi connectivity index (χ3n) is 5.32. The number of nitrogen functional groups attached to an aromatic ring is 1. The van der Waals surface area contributed by atoms with Crippen LogP contribution in [-0.4, -0.2) is 62.5 Å². The Morgan fingerprint density at radius 1 is 1.10 bits per heavy atom. The molecule has 0 spiro atoms. The number of halogens is 1. The zero-order valence-corrected chi connectivity index (χ0v) is 18.9. The topological polar surface area (TPSA) is 80.3 Å². The smallest absolute Gasteiger partial charge is 0.233 e. The first-order chi connectivity index (χ1) is 15.0. The van der Waals surface area contributed by atoms with Crippen molar-refractivity contribution in [3.05, 3.63) is 64.7 Å².